The van der Waals surface area contributed by atoms with Crippen molar-refractivity contribution in [3.05, 3.63) is 205 Å². The average Bonchev–Trinajstić information content (AvgIpc) is 3.24. The summed E-state index contributed by atoms with van der Waals surface area (Å²) in [6.45, 7) is 4.49. The first kappa shape index (κ1) is 33.7. The van der Waals surface area contributed by atoms with Gasteiger partial charge in [0.05, 0.1) is 0 Å². The summed E-state index contributed by atoms with van der Waals surface area (Å²) in [6, 6.07) is 69.3. The molecular formula is C52H42O. The van der Waals surface area contributed by atoms with E-state index >= 15 is 0 Å². The Hall–Kier alpha value is -6.44. The lowest BCUT2D eigenvalue weighted by atomic mass is 9.83. The Bertz CT molecular complexity index is 2260. The lowest BCUT2D eigenvalue weighted by Crippen LogP contribution is -2.03. The fraction of sp³-hybridized carbons (Fsp3) is 0.0769. The molecule has 0 aliphatic rings. The summed E-state index contributed by atoms with van der Waals surface area (Å²) >= 11 is 0. The smallest absolute Gasteiger partial charge is 0.131 e. The van der Waals surface area contributed by atoms with E-state index in [2.05, 4.69) is 208 Å². The molecule has 0 radical (unpaired) electrons. The molecule has 0 spiro atoms. The van der Waals surface area contributed by atoms with Crippen LogP contribution in [0.25, 0.3) is 66.8 Å². The minimum absolute atomic E-state index is 0.801. The van der Waals surface area contributed by atoms with Crippen LogP contribution in [-0.4, -0.2) is 0 Å². The molecular weight excluding hydrogens is 641 g/mol. The SMILES string of the molecule is CCc1c(Oc2cc(-c3ccccc3)c(-c3ccccc3)c(-c3ccccc3)c2CC)cc(-c2ccccc2)c(-c2ccccc2)c1-c1ccccc1. The zero-order valence-corrected chi connectivity index (χ0v) is 30.3. The molecule has 0 fully saturated rings. The third kappa shape index (κ3) is 6.70. The fourth-order valence-corrected chi connectivity index (χ4v) is 7.75. The monoisotopic (exact) mass is 682 g/mol. The highest BCUT2D eigenvalue weighted by Crippen LogP contribution is 2.50. The highest BCUT2D eigenvalue weighted by Gasteiger charge is 2.26. The van der Waals surface area contributed by atoms with Gasteiger partial charge >= 0.3 is 0 Å². The molecule has 0 amide bonds. The van der Waals surface area contributed by atoms with Crippen LogP contribution in [0.2, 0.25) is 0 Å². The van der Waals surface area contributed by atoms with Crippen LogP contribution in [0.5, 0.6) is 11.5 Å². The van der Waals surface area contributed by atoms with Crippen LogP contribution in [0.15, 0.2) is 194 Å². The zero-order valence-electron chi connectivity index (χ0n) is 30.3. The minimum Gasteiger partial charge on any atom is -0.457 e. The van der Waals surface area contributed by atoms with Gasteiger partial charge < -0.3 is 4.74 Å². The van der Waals surface area contributed by atoms with Gasteiger partial charge in [0.2, 0.25) is 0 Å². The summed E-state index contributed by atoms with van der Waals surface area (Å²) in [5.74, 6) is 1.76. The van der Waals surface area contributed by atoms with Crippen LogP contribution in [-0.2, 0) is 12.8 Å². The van der Waals surface area contributed by atoms with Gasteiger partial charge in [-0.2, -0.15) is 0 Å². The summed E-state index contributed by atoms with van der Waals surface area (Å²) in [6.07, 6.45) is 1.60. The summed E-state index contributed by atoms with van der Waals surface area (Å²) in [4.78, 5) is 0. The number of hydrogen-bond acceptors (Lipinski definition) is 1. The van der Waals surface area contributed by atoms with Crippen LogP contribution in [0, 0.1) is 0 Å². The third-order valence-corrected chi connectivity index (χ3v) is 10.1. The van der Waals surface area contributed by atoms with E-state index in [1.807, 2.05) is 0 Å². The van der Waals surface area contributed by atoms with Gasteiger partial charge in [0.25, 0.3) is 0 Å². The van der Waals surface area contributed by atoms with Gasteiger partial charge in [-0.25, -0.2) is 0 Å². The highest BCUT2D eigenvalue weighted by atomic mass is 16.5. The van der Waals surface area contributed by atoms with Crippen molar-refractivity contribution in [2.75, 3.05) is 0 Å². The van der Waals surface area contributed by atoms with Crippen LogP contribution >= 0.6 is 0 Å². The zero-order chi connectivity index (χ0) is 36.0. The Labute approximate surface area is 313 Å². The minimum atomic E-state index is 0.801. The van der Waals surface area contributed by atoms with Crippen molar-refractivity contribution in [1.82, 2.24) is 0 Å². The Morgan fingerprint density at radius 2 is 0.547 bits per heavy atom. The van der Waals surface area contributed by atoms with Crippen LogP contribution in [0.4, 0.5) is 0 Å². The van der Waals surface area contributed by atoms with Crippen molar-refractivity contribution < 1.29 is 4.74 Å². The molecule has 0 atom stereocenters. The van der Waals surface area contributed by atoms with E-state index in [-0.39, 0.29) is 0 Å². The quantitative estimate of drug-likeness (QED) is 0.139. The van der Waals surface area contributed by atoms with Gasteiger partial charge in [0, 0.05) is 11.1 Å². The molecule has 1 nitrogen and oxygen atoms in total. The second-order valence-corrected chi connectivity index (χ2v) is 13.3. The van der Waals surface area contributed by atoms with E-state index in [0.29, 0.717) is 0 Å². The van der Waals surface area contributed by atoms with Crippen molar-refractivity contribution >= 4 is 0 Å². The van der Waals surface area contributed by atoms with E-state index in [4.69, 9.17) is 4.74 Å². The summed E-state index contributed by atoms with van der Waals surface area (Å²) in [5, 5.41) is 0. The lowest BCUT2D eigenvalue weighted by molar-refractivity contribution is 0.472. The first-order valence-corrected chi connectivity index (χ1v) is 18.6. The summed E-state index contributed by atoms with van der Waals surface area (Å²) in [7, 11) is 0. The molecule has 0 aliphatic carbocycles. The van der Waals surface area contributed by atoms with Gasteiger partial charge in [-0.3, -0.25) is 0 Å². The fourth-order valence-electron chi connectivity index (χ4n) is 7.75. The average molecular weight is 683 g/mol. The molecule has 1 heteroatoms. The first-order valence-electron chi connectivity index (χ1n) is 18.6. The predicted octanol–water partition coefficient (Wildman–Crippen LogP) is 14.6. The maximum Gasteiger partial charge on any atom is 0.131 e. The largest absolute Gasteiger partial charge is 0.457 e. The second-order valence-electron chi connectivity index (χ2n) is 13.3. The molecule has 0 saturated heterocycles. The van der Waals surface area contributed by atoms with E-state index in [9.17, 15) is 0 Å². The van der Waals surface area contributed by atoms with Crippen molar-refractivity contribution in [2.45, 2.75) is 26.7 Å². The van der Waals surface area contributed by atoms with Crippen LogP contribution < -0.4 is 4.74 Å². The third-order valence-electron chi connectivity index (χ3n) is 10.1. The maximum atomic E-state index is 7.45. The standard InChI is InChI=1S/C52H42O/c1-3-43-47(35-45(37-23-11-5-12-24-37)51(41-31-19-9-20-32-41)49(43)39-27-15-7-16-28-39)53-48-36-46(38-25-13-6-14-26-38)52(42-33-21-10-22-34-42)50(44(48)4-2)40-29-17-8-18-30-40/h5-36H,3-4H2,1-2H3. The molecule has 0 aromatic heterocycles. The summed E-state index contributed by atoms with van der Waals surface area (Å²) < 4.78 is 7.45. The number of hydrogen-bond donors (Lipinski definition) is 0. The highest BCUT2D eigenvalue weighted by molar-refractivity contribution is 5.99. The lowest BCUT2D eigenvalue weighted by Gasteiger charge is -2.26. The molecule has 0 bridgehead atoms. The Morgan fingerprint density at radius 3 is 0.811 bits per heavy atom. The first-order chi connectivity index (χ1) is 26.2. The molecule has 0 N–H and O–H groups in total. The second kappa shape index (κ2) is 15.4. The van der Waals surface area contributed by atoms with Gasteiger partial charge in [-0.15, -0.1) is 0 Å². The molecule has 0 aliphatic heterocycles. The Kier molecular flexibility index (Phi) is 9.81. The van der Waals surface area contributed by atoms with Gasteiger partial charge in [-0.05, 0) is 91.7 Å². The molecule has 8 aromatic rings. The van der Waals surface area contributed by atoms with E-state index in [1.165, 1.54) is 55.6 Å². The van der Waals surface area contributed by atoms with Crippen LogP contribution in [0.3, 0.4) is 0 Å². The number of rotatable bonds is 10. The van der Waals surface area contributed by atoms with Crippen molar-refractivity contribution in [3.63, 3.8) is 0 Å². The van der Waals surface area contributed by atoms with Crippen molar-refractivity contribution in [1.29, 1.82) is 0 Å². The molecule has 0 unspecified atom stereocenters. The number of ether oxygens (including phenoxy) is 1. The van der Waals surface area contributed by atoms with E-state index in [1.54, 1.807) is 0 Å². The van der Waals surface area contributed by atoms with Gasteiger partial charge in [0.1, 0.15) is 11.5 Å². The van der Waals surface area contributed by atoms with Gasteiger partial charge in [-0.1, -0.05) is 196 Å². The van der Waals surface area contributed by atoms with E-state index < -0.39 is 0 Å². The predicted molar refractivity (Wildman–Crippen MR) is 224 cm³/mol. The normalized spacial score (nSPS) is 11.0. The Morgan fingerprint density at radius 1 is 0.302 bits per heavy atom. The van der Waals surface area contributed by atoms with E-state index in [0.717, 1.165) is 46.6 Å². The van der Waals surface area contributed by atoms with Gasteiger partial charge in [0.15, 0.2) is 0 Å². The van der Waals surface area contributed by atoms with Crippen LogP contribution in [0.1, 0.15) is 25.0 Å². The molecule has 8 rings (SSSR count). The maximum absolute atomic E-state index is 7.45. The van der Waals surface area contributed by atoms with Crippen molar-refractivity contribution in [2.24, 2.45) is 0 Å². The topological polar surface area (TPSA) is 9.23 Å². The number of benzene rings is 8. The molecule has 0 heterocycles. The molecule has 53 heavy (non-hydrogen) atoms. The molecule has 256 valence electrons. The van der Waals surface area contributed by atoms with Crippen molar-refractivity contribution in [3.8, 4) is 78.3 Å². The molecule has 0 saturated carbocycles. The summed E-state index contributed by atoms with van der Waals surface area (Å²) in [5.41, 5.74) is 16.6. The molecule has 8 aromatic carbocycles. The Balaban J connectivity index is 1.46.